The predicted molar refractivity (Wildman–Crippen MR) is 66.8 cm³/mol. The molecule has 0 saturated carbocycles. The molecule has 1 aromatic heterocycles. The number of halogens is 1. The summed E-state index contributed by atoms with van der Waals surface area (Å²) in [4.78, 5) is 19.7. The zero-order valence-electron chi connectivity index (χ0n) is 10.8. The lowest BCUT2D eigenvalue weighted by Gasteiger charge is -2.36. The van der Waals surface area contributed by atoms with Crippen molar-refractivity contribution in [2.45, 2.75) is 18.9 Å². The molecule has 1 unspecified atom stereocenters. The number of likely N-dealkylation sites (tertiary alicyclic amines) is 1. The van der Waals surface area contributed by atoms with Crippen LogP contribution < -0.4 is 0 Å². The Bertz CT molecular complexity index is 436. The van der Waals surface area contributed by atoms with E-state index in [1.165, 1.54) is 12.3 Å². The van der Waals surface area contributed by atoms with Crippen molar-refractivity contribution in [1.29, 1.82) is 0 Å². The number of carbonyl (C=O) groups is 1. The Balaban J connectivity index is 2.12. The fourth-order valence-corrected chi connectivity index (χ4v) is 2.28. The van der Waals surface area contributed by atoms with E-state index in [4.69, 9.17) is 0 Å². The van der Waals surface area contributed by atoms with E-state index in [9.17, 15) is 9.18 Å². The standard InChI is InChI=1S/C13H18FN3O/c1-16(2)10-4-3-7-17(9-10)13(18)11-5-6-15-8-12(11)14/h5-6,8,10H,3-4,7,9H2,1-2H3. The highest BCUT2D eigenvalue weighted by atomic mass is 19.1. The number of carbonyl (C=O) groups excluding carboxylic acids is 1. The maximum Gasteiger partial charge on any atom is 0.256 e. The van der Waals surface area contributed by atoms with Gasteiger partial charge in [-0.15, -0.1) is 0 Å². The van der Waals surface area contributed by atoms with E-state index in [0.717, 1.165) is 19.0 Å². The topological polar surface area (TPSA) is 36.4 Å². The van der Waals surface area contributed by atoms with Crippen molar-refractivity contribution >= 4 is 5.91 Å². The van der Waals surface area contributed by atoms with Crippen LogP contribution in [0.15, 0.2) is 18.5 Å². The molecule has 1 amide bonds. The number of rotatable bonds is 2. The third kappa shape index (κ3) is 2.67. The minimum atomic E-state index is -0.547. The highest BCUT2D eigenvalue weighted by Gasteiger charge is 2.26. The van der Waals surface area contributed by atoms with Gasteiger partial charge in [0.15, 0.2) is 5.82 Å². The molecule has 0 aliphatic carbocycles. The van der Waals surface area contributed by atoms with Crippen molar-refractivity contribution in [3.8, 4) is 0 Å². The van der Waals surface area contributed by atoms with Gasteiger partial charge in [-0.25, -0.2) is 4.39 Å². The van der Waals surface area contributed by atoms with Crippen molar-refractivity contribution in [1.82, 2.24) is 14.8 Å². The van der Waals surface area contributed by atoms with Crippen LogP contribution in [0.5, 0.6) is 0 Å². The summed E-state index contributed by atoms with van der Waals surface area (Å²) in [5, 5.41) is 0. The van der Waals surface area contributed by atoms with E-state index in [-0.39, 0.29) is 11.5 Å². The quantitative estimate of drug-likeness (QED) is 0.797. The molecule has 2 rings (SSSR count). The molecule has 98 valence electrons. The summed E-state index contributed by atoms with van der Waals surface area (Å²) in [6, 6.07) is 1.80. The second-order valence-electron chi connectivity index (χ2n) is 4.87. The molecule has 1 aliphatic rings. The van der Waals surface area contributed by atoms with Crippen LogP contribution in [0.2, 0.25) is 0 Å². The zero-order valence-corrected chi connectivity index (χ0v) is 10.8. The number of amides is 1. The fourth-order valence-electron chi connectivity index (χ4n) is 2.28. The van der Waals surface area contributed by atoms with Gasteiger partial charge in [0.1, 0.15) is 0 Å². The summed E-state index contributed by atoms with van der Waals surface area (Å²) in [5.41, 5.74) is 0.115. The maximum atomic E-state index is 13.5. The molecule has 0 spiro atoms. The molecular formula is C13H18FN3O. The summed E-state index contributed by atoms with van der Waals surface area (Å²) >= 11 is 0. The van der Waals surface area contributed by atoms with Crippen LogP contribution in [0.1, 0.15) is 23.2 Å². The summed E-state index contributed by atoms with van der Waals surface area (Å²) in [6.45, 7) is 1.36. The molecule has 1 fully saturated rings. The highest BCUT2D eigenvalue weighted by Crippen LogP contribution is 2.17. The van der Waals surface area contributed by atoms with Gasteiger partial charge >= 0.3 is 0 Å². The van der Waals surface area contributed by atoms with Gasteiger partial charge in [-0.1, -0.05) is 0 Å². The first-order valence-electron chi connectivity index (χ1n) is 6.15. The second-order valence-corrected chi connectivity index (χ2v) is 4.87. The lowest BCUT2D eigenvalue weighted by atomic mass is 10.0. The Morgan fingerprint density at radius 1 is 1.56 bits per heavy atom. The Morgan fingerprint density at radius 3 is 3.00 bits per heavy atom. The molecular weight excluding hydrogens is 233 g/mol. The van der Waals surface area contributed by atoms with Crippen LogP contribution in [0.25, 0.3) is 0 Å². The van der Waals surface area contributed by atoms with E-state index in [1.807, 2.05) is 14.1 Å². The average Bonchev–Trinajstić information content (AvgIpc) is 2.38. The Labute approximate surface area is 106 Å². The van der Waals surface area contributed by atoms with Gasteiger partial charge in [0.2, 0.25) is 0 Å². The maximum absolute atomic E-state index is 13.5. The smallest absolute Gasteiger partial charge is 0.256 e. The van der Waals surface area contributed by atoms with Crippen molar-refractivity contribution < 1.29 is 9.18 Å². The molecule has 1 atom stereocenters. The molecule has 5 heteroatoms. The molecule has 1 aromatic rings. The van der Waals surface area contributed by atoms with E-state index in [2.05, 4.69) is 9.88 Å². The Hall–Kier alpha value is -1.49. The summed E-state index contributed by atoms with van der Waals surface area (Å²) in [6.07, 6.45) is 4.57. The van der Waals surface area contributed by atoms with Gasteiger partial charge in [0, 0.05) is 25.3 Å². The van der Waals surface area contributed by atoms with Crippen molar-refractivity contribution in [2.24, 2.45) is 0 Å². The van der Waals surface area contributed by atoms with Gasteiger partial charge < -0.3 is 9.80 Å². The van der Waals surface area contributed by atoms with Crippen LogP contribution in [0.4, 0.5) is 4.39 Å². The minimum absolute atomic E-state index is 0.115. The molecule has 0 N–H and O–H groups in total. The number of likely N-dealkylation sites (N-methyl/N-ethyl adjacent to an activating group) is 1. The first kappa shape index (κ1) is 13.0. The molecule has 2 heterocycles. The predicted octanol–water partition coefficient (Wildman–Crippen LogP) is 1.39. The van der Waals surface area contributed by atoms with Crippen LogP contribution in [-0.2, 0) is 0 Å². The monoisotopic (exact) mass is 251 g/mol. The minimum Gasteiger partial charge on any atom is -0.337 e. The Kier molecular flexibility index (Phi) is 3.91. The number of pyridine rings is 1. The number of nitrogens with zero attached hydrogens (tertiary/aromatic N) is 3. The summed E-state index contributed by atoms with van der Waals surface area (Å²) in [7, 11) is 4.01. The van der Waals surface area contributed by atoms with Gasteiger partial charge in [0.05, 0.1) is 11.8 Å². The van der Waals surface area contributed by atoms with E-state index >= 15 is 0 Å². The summed E-state index contributed by atoms with van der Waals surface area (Å²) < 4.78 is 13.5. The molecule has 0 aromatic carbocycles. The van der Waals surface area contributed by atoms with Crippen molar-refractivity contribution in [2.75, 3.05) is 27.2 Å². The molecule has 0 bridgehead atoms. The first-order valence-corrected chi connectivity index (χ1v) is 6.15. The first-order chi connectivity index (χ1) is 8.59. The van der Waals surface area contributed by atoms with Crippen LogP contribution in [-0.4, -0.2) is 53.9 Å². The van der Waals surface area contributed by atoms with Crippen molar-refractivity contribution in [3.05, 3.63) is 29.8 Å². The summed E-state index contributed by atoms with van der Waals surface area (Å²) in [5.74, 6) is -0.782. The zero-order chi connectivity index (χ0) is 13.1. The van der Waals surface area contributed by atoms with Gasteiger partial charge in [-0.05, 0) is 33.0 Å². The van der Waals surface area contributed by atoms with Crippen molar-refractivity contribution in [3.63, 3.8) is 0 Å². The lowest BCUT2D eigenvalue weighted by molar-refractivity contribution is 0.0630. The molecule has 1 aliphatic heterocycles. The fraction of sp³-hybridized carbons (Fsp3) is 0.538. The number of hydrogen-bond acceptors (Lipinski definition) is 3. The lowest BCUT2D eigenvalue weighted by Crippen LogP contribution is -2.47. The number of hydrogen-bond donors (Lipinski definition) is 0. The van der Waals surface area contributed by atoms with Gasteiger partial charge in [0.25, 0.3) is 5.91 Å². The number of aromatic nitrogens is 1. The third-order valence-electron chi connectivity index (χ3n) is 3.42. The van der Waals surface area contributed by atoms with Gasteiger partial charge in [-0.3, -0.25) is 9.78 Å². The van der Waals surface area contributed by atoms with Crippen LogP contribution in [0, 0.1) is 5.82 Å². The molecule has 0 radical (unpaired) electrons. The number of piperidine rings is 1. The highest BCUT2D eigenvalue weighted by molar-refractivity contribution is 5.94. The van der Waals surface area contributed by atoms with Crippen LogP contribution in [0.3, 0.4) is 0 Å². The molecule has 4 nitrogen and oxygen atoms in total. The Morgan fingerprint density at radius 2 is 2.33 bits per heavy atom. The largest absolute Gasteiger partial charge is 0.337 e. The van der Waals surface area contributed by atoms with E-state index < -0.39 is 5.82 Å². The molecule has 18 heavy (non-hydrogen) atoms. The third-order valence-corrected chi connectivity index (χ3v) is 3.42. The normalized spacial score (nSPS) is 20.2. The van der Waals surface area contributed by atoms with Crippen LogP contribution >= 0.6 is 0 Å². The average molecular weight is 251 g/mol. The SMILES string of the molecule is CN(C)C1CCCN(C(=O)c2ccncc2F)C1. The van der Waals surface area contributed by atoms with Gasteiger partial charge in [-0.2, -0.15) is 0 Å². The second kappa shape index (κ2) is 5.44. The van der Waals surface area contributed by atoms with E-state index in [1.54, 1.807) is 4.90 Å². The van der Waals surface area contributed by atoms with E-state index in [0.29, 0.717) is 19.1 Å². The molecule has 1 saturated heterocycles.